The molecule has 3 N–H and O–H groups in total. The first-order valence-electron chi connectivity index (χ1n) is 5.92. The van der Waals surface area contributed by atoms with Gasteiger partial charge >= 0.3 is 0 Å². The predicted molar refractivity (Wildman–Crippen MR) is 71.1 cm³/mol. The lowest BCUT2D eigenvalue weighted by molar-refractivity contribution is 0.390. The maximum absolute atomic E-state index is 9.38. The highest BCUT2D eigenvalue weighted by Crippen LogP contribution is 2.30. The zero-order chi connectivity index (χ0) is 13.0. The third kappa shape index (κ3) is 2.82. The van der Waals surface area contributed by atoms with Crippen LogP contribution >= 0.6 is 11.8 Å². The molecular formula is C11H16N6S. The minimum atomic E-state index is -0.554. The van der Waals surface area contributed by atoms with Gasteiger partial charge in [0.05, 0.1) is 6.07 Å². The van der Waals surface area contributed by atoms with E-state index in [-0.39, 0.29) is 5.95 Å². The number of nitrogens with two attached hydrogens (primary N) is 1. The molecule has 0 aromatic carbocycles. The molecule has 0 bridgehead atoms. The summed E-state index contributed by atoms with van der Waals surface area (Å²) in [7, 11) is 0. The van der Waals surface area contributed by atoms with Crippen LogP contribution in [0.1, 0.15) is 32.1 Å². The monoisotopic (exact) mass is 264 g/mol. The summed E-state index contributed by atoms with van der Waals surface area (Å²) in [6, 6.07) is 2.36. The van der Waals surface area contributed by atoms with E-state index in [0.717, 1.165) is 25.7 Å². The molecule has 1 aromatic rings. The molecule has 1 aromatic heterocycles. The number of hydrogen-bond acceptors (Lipinski definition) is 7. The summed E-state index contributed by atoms with van der Waals surface area (Å²) < 4.78 is 0. The Balaban J connectivity index is 2.21. The van der Waals surface area contributed by atoms with Crippen LogP contribution in [0.2, 0.25) is 0 Å². The minimum absolute atomic E-state index is 0.181. The Morgan fingerprint density at radius 1 is 1.28 bits per heavy atom. The standard InChI is InChI=1S/C11H16N6S/c1-18-10-15-8(13)14-9(16-10)17-11(7-12)5-3-2-4-6-11/h2-6H2,1H3,(H3,13,14,15,16,17). The Hall–Kier alpha value is -1.55. The number of nitriles is 1. The second kappa shape index (κ2) is 5.40. The van der Waals surface area contributed by atoms with Gasteiger partial charge in [0.25, 0.3) is 0 Å². The molecule has 0 atom stereocenters. The molecule has 0 unspecified atom stereocenters. The summed E-state index contributed by atoms with van der Waals surface area (Å²) in [6.07, 6.45) is 6.81. The lowest BCUT2D eigenvalue weighted by Gasteiger charge is -2.31. The summed E-state index contributed by atoms with van der Waals surface area (Å²) in [5.74, 6) is 0.580. The molecule has 2 rings (SSSR count). The molecule has 0 amide bonds. The van der Waals surface area contributed by atoms with Gasteiger partial charge in [-0.15, -0.1) is 0 Å². The molecular weight excluding hydrogens is 248 g/mol. The third-order valence-corrected chi connectivity index (χ3v) is 3.63. The van der Waals surface area contributed by atoms with Crippen molar-refractivity contribution in [2.24, 2.45) is 0 Å². The average Bonchev–Trinajstić information content (AvgIpc) is 2.39. The van der Waals surface area contributed by atoms with E-state index in [0.29, 0.717) is 11.1 Å². The Morgan fingerprint density at radius 2 is 2.00 bits per heavy atom. The maximum Gasteiger partial charge on any atom is 0.229 e. The zero-order valence-corrected chi connectivity index (χ0v) is 11.1. The number of thioether (sulfide) groups is 1. The van der Waals surface area contributed by atoms with Crippen molar-refractivity contribution in [1.82, 2.24) is 15.0 Å². The molecule has 96 valence electrons. The summed E-state index contributed by atoms with van der Waals surface area (Å²) in [6.45, 7) is 0. The van der Waals surface area contributed by atoms with Crippen LogP contribution in [-0.4, -0.2) is 26.7 Å². The molecule has 1 saturated carbocycles. The molecule has 1 fully saturated rings. The van der Waals surface area contributed by atoms with Crippen molar-refractivity contribution >= 4 is 23.7 Å². The smallest absolute Gasteiger partial charge is 0.229 e. The molecule has 6 nitrogen and oxygen atoms in total. The van der Waals surface area contributed by atoms with Crippen LogP contribution in [0.25, 0.3) is 0 Å². The van der Waals surface area contributed by atoms with Gasteiger partial charge in [-0.2, -0.15) is 20.2 Å². The first-order chi connectivity index (χ1) is 8.67. The predicted octanol–water partition coefficient (Wildman–Crippen LogP) is 1.81. The van der Waals surface area contributed by atoms with Gasteiger partial charge in [-0.05, 0) is 19.1 Å². The van der Waals surface area contributed by atoms with E-state index in [1.54, 1.807) is 0 Å². The quantitative estimate of drug-likeness (QED) is 0.803. The maximum atomic E-state index is 9.38. The van der Waals surface area contributed by atoms with Crippen LogP contribution in [0, 0.1) is 11.3 Å². The minimum Gasteiger partial charge on any atom is -0.368 e. The highest BCUT2D eigenvalue weighted by atomic mass is 32.2. The van der Waals surface area contributed by atoms with Crippen LogP contribution in [0.15, 0.2) is 5.16 Å². The van der Waals surface area contributed by atoms with Gasteiger partial charge in [0.2, 0.25) is 11.9 Å². The van der Waals surface area contributed by atoms with Crippen molar-refractivity contribution in [2.45, 2.75) is 42.8 Å². The fourth-order valence-corrected chi connectivity index (χ4v) is 2.52. The summed E-state index contributed by atoms with van der Waals surface area (Å²) >= 11 is 1.40. The van der Waals surface area contributed by atoms with Gasteiger partial charge < -0.3 is 11.1 Å². The van der Waals surface area contributed by atoms with E-state index in [1.165, 1.54) is 18.2 Å². The number of nitrogens with one attached hydrogen (secondary N) is 1. The van der Waals surface area contributed by atoms with E-state index in [4.69, 9.17) is 5.73 Å². The molecule has 7 heteroatoms. The lowest BCUT2D eigenvalue weighted by atomic mass is 9.83. The van der Waals surface area contributed by atoms with Gasteiger partial charge in [0.15, 0.2) is 5.16 Å². The van der Waals surface area contributed by atoms with Crippen LogP contribution in [0.3, 0.4) is 0 Å². The van der Waals surface area contributed by atoms with Crippen molar-refractivity contribution < 1.29 is 0 Å². The number of anilines is 2. The van der Waals surface area contributed by atoms with Crippen LogP contribution < -0.4 is 11.1 Å². The van der Waals surface area contributed by atoms with E-state index < -0.39 is 5.54 Å². The number of nitrogen functional groups attached to an aromatic ring is 1. The first kappa shape index (κ1) is 12.9. The molecule has 0 aliphatic heterocycles. The van der Waals surface area contributed by atoms with E-state index in [9.17, 15) is 5.26 Å². The van der Waals surface area contributed by atoms with E-state index >= 15 is 0 Å². The Labute approximate surface area is 110 Å². The fourth-order valence-electron chi connectivity index (χ4n) is 2.15. The van der Waals surface area contributed by atoms with Crippen molar-refractivity contribution in [3.05, 3.63) is 0 Å². The highest BCUT2D eigenvalue weighted by Gasteiger charge is 2.32. The topological polar surface area (TPSA) is 101 Å². The molecule has 1 heterocycles. The second-order valence-corrected chi connectivity index (χ2v) is 5.16. The number of nitrogens with zero attached hydrogens (tertiary/aromatic N) is 4. The van der Waals surface area contributed by atoms with Gasteiger partial charge in [-0.3, -0.25) is 0 Å². The van der Waals surface area contributed by atoms with Gasteiger partial charge in [-0.1, -0.05) is 31.0 Å². The largest absolute Gasteiger partial charge is 0.368 e. The number of hydrogen-bond donors (Lipinski definition) is 2. The second-order valence-electron chi connectivity index (χ2n) is 4.38. The Kier molecular flexibility index (Phi) is 3.87. The Morgan fingerprint density at radius 3 is 2.61 bits per heavy atom. The summed E-state index contributed by atoms with van der Waals surface area (Å²) in [5, 5.41) is 13.1. The van der Waals surface area contributed by atoms with Crippen LogP contribution in [0.4, 0.5) is 11.9 Å². The van der Waals surface area contributed by atoms with E-state index in [1.807, 2.05) is 6.26 Å². The number of rotatable bonds is 3. The van der Waals surface area contributed by atoms with Crippen molar-refractivity contribution in [3.63, 3.8) is 0 Å². The molecule has 18 heavy (non-hydrogen) atoms. The third-order valence-electron chi connectivity index (χ3n) is 3.09. The normalized spacial score (nSPS) is 18.0. The molecule has 0 spiro atoms. The Bertz CT molecular complexity index is 463. The van der Waals surface area contributed by atoms with Crippen LogP contribution in [0.5, 0.6) is 0 Å². The van der Waals surface area contributed by atoms with Gasteiger partial charge in [0.1, 0.15) is 5.54 Å². The molecule has 1 aliphatic carbocycles. The SMILES string of the molecule is CSc1nc(N)nc(NC2(C#N)CCCCC2)n1. The molecule has 1 aliphatic rings. The first-order valence-corrected chi connectivity index (χ1v) is 7.15. The lowest BCUT2D eigenvalue weighted by Crippen LogP contribution is -2.39. The number of aromatic nitrogens is 3. The summed E-state index contributed by atoms with van der Waals surface area (Å²) in [5.41, 5.74) is 5.07. The molecule has 0 saturated heterocycles. The zero-order valence-electron chi connectivity index (χ0n) is 10.3. The highest BCUT2D eigenvalue weighted by molar-refractivity contribution is 7.98. The van der Waals surface area contributed by atoms with Crippen molar-refractivity contribution in [2.75, 3.05) is 17.3 Å². The van der Waals surface area contributed by atoms with Crippen molar-refractivity contribution in [1.29, 1.82) is 5.26 Å². The van der Waals surface area contributed by atoms with E-state index in [2.05, 4.69) is 26.3 Å². The molecule has 0 radical (unpaired) electrons. The summed E-state index contributed by atoms with van der Waals surface area (Å²) in [4.78, 5) is 12.3. The van der Waals surface area contributed by atoms with Gasteiger partial charge in [0, 0.05) is 0 Å². The van der Waals surface area contributed by atoms with Crippen LogP contribution in [-0.2, 0) is 0 Å². The average molecular weight is 264 g/mol. The van der Waals surface area contributed by atoms with Crippen molar-refractivity contribution in [3.8, 4) is 6.07 Å². The van der Waals surface area contributed by atoms with Gasteiger partial charge in [-0.25, -0.2) is 0 Å². The fraction of sp³-hybridized carbons (Fsp3) is 0.636.